The molecule has 9 heteroatoms. The molecule has 0 aromatic carbocycles. The van der Waals surface area contributed by atoms with Crippen LogP contribution in [-0.4, -0.2) is 55.4 Å². The van der Waals surface area contributed by atoms with E-state index in [-0.39, 0.29) is 18.6 Å². The van der Waals surface area contributed by atoms with Crippen LogP contribution in [0.1, 0.15) is 23.5 Å². The normalized spacial score (nSPS) is 18.0. The Morgan fingerprint density at radius 2 is 2.28 bits per heavy atom. The van der Waals surface area contributed by atoms with Crippen molar-refractivity contribution < 1.29 is 14.1 Å². The van der Waals surface area contributed by atoms with Gasteiger partial charge < -0.3 is 14.2 Å². The number of rotatable bonds is 3. The lowest BCUT2D eigenvalue weighted by molar-refractivity contribution is -0.140. The SMILES string of the molecule is Cc1nc(C2CN(C(=O)Cn3nc(C)c4cccnc43)CCO2)no1. The number of nitrogens with zero attached hydrogens (tertiary/aromatic N) is 6. The van der Waals surface area contributed by atoms with Crippen molar-refractivity contribution in [3.63, 3.8) is 0 Å². The number of carbonyl (C=O) groups is 1. The molecule has 3 aromatic rings. The summed E-state index contributed by atoms with van der Waals surface area (Å²) in [5, 5.41) is 9.28. The lowest BCUT2D eigenvalue weighted by Gasteiger charge is -2.31. The second kappa shape index (κ2) is 6.25. The molecule has 1 saturated heterocycles. The van der Waals surface area contributed by atoms with Crippen molar-refractivity contribution in [3.8, 4) is 0 Å². The number of amides is 1. The molecule has 0 saturated carbocycles. The van der Waals surface area contributed by atoms with E-state index in [2.05, 4.69) is 20.2 Å². The fourth-order valence-electron chi connectivity index (χ4n) is 2.98. The first-order valence-electron chi connectivity index (χ1n) is 8.09. The number of hydrogen-bond donors (Lipinski definition) is 0. The molecule has 1 amide bonds. The van der Waals surface area contributed by atoms with Crippen LogP contribution >= 0.6 is 0 Å². The Balaban J connectivity index is 1.50. The molecule has 0 radical (unpaired) electrons. The first-order chi connectivity index (χ1) is 12.1. The number of aromatic nitrogens is 5. The number of morpholine rings is 1. The van der Waals surface area contributed by atoms with Crippen LogP contribution in [-0.2, 0) is 16.1 Å². The van der Waals surface area contributed by atoms with Gasteiger partial charge in [-0.1, -0.05) is 5.16 Å². The topological polar surface area (TPSA) is 99.2 Å². The van der Waals surface area contributed by atoms with Crippen LogP contribution in [0.15, 0.2) is 22.9 Å². The summed E-state index contributed by atoms with van der Waals surface area (Å²) in [6, 6.07) is 3.82. The van der Waals surface area contributed by atoms with Crippen molar-refractivity contribution in [3.05, 3.63) is 35.7 Å². The molecule has 1 aliphatic heterocycles. The van der Waals surface area contributed by atoms with Crippen LogP contribution in [0.3, 0.4) is 0 Å². The van der Waals surface area contributed by atoms with E-state index >= 15 is 0 Å². The minimum Gasteiger partial charge on any atom is -0.366 e. The van der Waals surface area contributed by atoms with E-state index in [1.165, 1.54) is 0 Å². The monoisotopic (exact) mass is 342 g/mol. The zero-order valence-corrected chi connectivity index (χ0v) is 14.0. The number of carbonyl (C=O) groups excluding carboxylic acids is 1. The maximum atomic E-state index is 12.7. The molecule has 9 nitrogen and oxygen atoms in total. The highest BCUT2D eigenvalue weighted by molar-refractivity contribution is 5.81. The molecule has 1 fully saturated rings. The van der Waals surface area contributed by atoms with Crippen molar-refractivity contribution in [1.29, 1.82) is 0 Å². The van der Waals surface area contributed by atoms with Gasteiger partial charge in [-0.05, 0) is 19.1 Å². The van der Waals surface area contributed by atoms with Gasteiger partial charge in [-0.25, -0.2) is 9.67 Å². The molecule has 0 spiro atoms. The fourth-order valence-corrected chi connectivity index (χ4v) is 2.98. The van der Waals surface area contributed by atoms with E-state index in [1.807, 2.05) is 19.1 Å². The third-order valence-electron chi connectivity index (χ3n) is 4.23. The summed E-state index contributed by atoms with van der Waals surface area (Å²) < 4.78 is 12.3. The lowest BCUT2D eigenvalue weighted by atomic mass is 10.2. The third-order valence-corrected chi connectivity index (χ3v) is 4.23. The minimum absolute atomic E-state index is 0.0384. The van der Waals surface area contributed by atoms with E-state index in [0.717, 1.165) is 11.1 Å². The number of ether oxygens (including phenoxy) is 1. The molecular weight excluding hydrogens is 324 g/mol. The van der Waals surface area contributed by atoms with Crippen LogP contribution in [0.25, 0.3) is 11.0 Å². The van der Waals surface area contributed by atoms with Gasteiger partial charge in [0, 0.05) is 25.1 Å². The van der Waals surface area contributed by atoms with E-state index in [9.17, 15) is 4.79 Å². The second-order valence-corrected chi connectivity index (χ2v) is 5.99. The zero-order valence-electron chi connectivity index (χ0n) is 14.0. The van der Waals surface area contributed by atoms with Crippen LogP contribution in [0.2, 0.25) is 0 Å². The van der Waals surface area contributed by atoms with Crippen LogP contribution in [0.5, 0.6) is 0 Å². The Labute approximate surface area is 143 Å². The standard InChI is InChI=1S/C16H18N6O3/c1-10-12-4-3-5-17-16(12)22(19-10)9-14(23)21-6-7-24-13(8-21)15-18-11(2)25-20-15/h3-5,13H,6-9H2,1-2H3. The summed E-state index contributed by atoms with van der Waals surface area (Å²) >= 11 is 0. The van der Waals surface area contributed by atoms with Crippen LogP contribution in [0, 0.1) is 13.8 Å². The molecule has 0 N–H and O–H groups in total. The van der Waals surface area contributed by atoms with Crippen LogP contribution < -0.4 is 0 Å². The van der Waals surface area contributed by atoms with Gasteiger partial charge in [-0.15, -0.1) is 0 Å². The quantitative estimate of drug-likeness (QED) is 0.701. The molecular formula is C16H18N6O3. The van der Waals surface area contributed by atoms with Gasteiger partial charge in [0.25, 0.3) is 0 Å². The van der Waals surface area contributed by atoms with E-state index in [0.29, 0.717) is 37.1 Å². The maximum Gasteiger partial charge on any atom is 0.244 e. The molecule has 4 heterocycles. The third kappa shape index (κ3) is 2.98. The Bertz CT molecular complexity index is 918. The summed E-state index contributed by atoms with van der Waals surface area (Å²) in [4.78, 5) is 23.0. The van der Waals surface area contributed by atoms with E-state index in [4.69, 9.17) is 9.26 Å². The molecule has 0 bridgehead atoms. The lowest BCUT2D eigenvalue weighted by Crippen LogP contribution is -2.44. The fraction of sp³-hybridized carbons (Fsp3) is 0.438. The van der Waals surface area contributed by atoms with E-state index < -0.39 is 0 Å². The second-order valence-electron chi connectivity index (χ2n) is 5.99. The van der Waals surface area contributed by atoms with Gasteiger partial charge in [-0.3, -0.25) is 4.79 Å². The van der Waals surface area contributed by atoms with Crippen molar-refractivity contribution in [1.82, 2.24) is 29.8 Å². The van der Waals surface area contributed by atoms with Gasteiger partial charge in [0.2, 0.25) is 17.6 Å². The summed E-state index contributed by atoms with van der Waals surface area (Å²) in [5.74, 6) is 0.909. The smallest absolute Gasteiger partial charge is 0.244 e. The van der Waals surface area contributed by atoms with Crippen molar-refractivity contribution >= 4 is 16.9 Å². The Hall–Kier alpha value is -2.81. The van der Waals surface area contributed by atoms with Crippen LogP contribution in [0.4, 0.5) is 0 Å². The van der Waals surface area contributed by atoms with Gasteiger partial charge in [0.15, 0.2) is 5.65 Å². The Morgan fingerprint density at radius 1 is 1.40 bits per heavy atom. The maximum absolute atomic E-state index is 12.7. The van der Waals surface area contributed by atoms with Crippen molar-refractivity contribution in [2.45, 2.75) is 26.5 Å². The number of fused-ring (bicyclic) bond motifs is 1. The predicted molar refractivity (Wildman–Crippen MR) is 86.6 cm³/mol. The van der Waals surface area contributed by atoms with Gasteiger partial charge >= 0.3 is 0 Å². The van der Waals surface area contributed by atoms with Gasteiger partial charge in [-0.2, -0.15) is 10.1 Å². The molecule has 1 unspecified atom stereocenters. The zero-order chi connectivity index (χ0) is 17.4. The van der Waals surface area contributed by atoms with E-state index in [1.54, 1.807) is 22.7 Å². The molecule has 1 aliphatic rings. The predicted octanol–water partition coefficient (Wildman–Crippen LogP) is 1.03. The highest BCUT2D eigenvalue weighted by Gasteiger charge is 2.29. The molecule has 130 valence electrons. The summed E-state index contributed by atoms with van der Waals surface area (Å²) in [6.45, 7) is 5.12. The Kier molecular flexibility index (Phi) is 3.92. The Morgan fingerprint density at radius 3 is 3.08 bits per heavy atom. The molecule has 25 heavy (non-hydrogen) atoms. The highest BCUT2D eigenvalue weighted by Crippen LogP contribution is 2.21. The summed E-state index contributed by atoms with van der Waals surface area (Å²) in [7, 11) is 0. The summed E-state index contributed by atoms with van der Waals surface area (Å²) in [6.07, 6.45) is 1.33. The summed E-state index contributed by atoms with van der Waals surface area (Å²) in [5.41, 5.74) is 1.57. The molecule has 3 aromatic heterocycles. The number of aryl methyl sites for hydroxylation is 2. The average molecular weight is 342 g/mol. The highest BCUT2D eigenvalue weighted by atomic mass is 16.5. The molecule has 4 rings (SSSR count). The first-order valence-corrected chi connectivity index (χ1v) is 8.09. The molecule has 1 atom stereocenters. The van der Waals surface area contributed by atoms with Gasteiger partial charge in [0.1, 0.15) is 12.6 Å². The van der Waals surface area contributed by atoms with Crippen molar-refractivity contribution in [2.24, 2.45) is 0 Å². The first kappa shape index (κ1) is 15.7. The molecule has 0 aliphatic carbocycles. The van der Waals surface area contributed by atoms with Crippen molar-refractivity contribution in [2.75, 3.05) is 19.7 Å². The number of pyridine rings is 1. The minimum atomic E-state index is -0.371. The van der Waals surface area contributed by atoms with Gasteiger partial charge in [0.05, 0.1) is 18.8 Å². The number of hydrogen-bond acceptors (Lipinski definition) is 7. The average Bonchev–Trinajstić information content (AvgIpc) is 3.20. The largest absolute Gasteiger partial charge is 0.366 e.